The molecule has 1 amide bonds. The number of aromatic amines is 2. The Morgan fingerprint density at radius 2 is 2.15 bits per heavy atom. The third kappa shape index (κ3) is 2.97. The molecule has 3 aromatic heterocycles. The van der Waals surface area contributed by atoms with E-state index in [0.717, 1.165) is 48.0 Å². The van der Waals surface area contributed by atoms with Crippen molar-refractivity contribution in [3.63, 3.8) is 0 Å². The molecule has 0 radical (unpaired) electrons. The van der Waals surface area contributed by atoms with Crippen LogP contribution in [0.15, 0.2) is 30.9 Å². The highest BCUT2D eigenvalue weighted by molar-refractivity contribution is 5.96. The average molecular weight is 353 g/mol. The van der Waals surface area contributed by atoms with Gasteiger partial charge in [-0.2, -0.15) is 0 Å². The Kier molecular flexibility index (Phi) is 4.44. The molecule has 0 unspecified atom stereocenters. The van der Waals surface area contributed by atoms with Gasteiger partial charge in [0.1, 0.15) is 17.7 Å². The van der Waals surface area contributed by atoms with Crippen molar-refractivity contribution in [3.8, 4) is 23.6 Å². The normalized spacial score (nSPS) is 15.0. The van der Waals surface area contributed by atoms with E-state index in [9.17, 15) is 4.79 Å². The van der Waals surface area contributed by atoms with Gasteiger partial charge in [0.15, 0.2) is 0 Å². The van der Waals surface area contributed by atoms with Gasteiger partial charge in [-0.05, 0) is 25.0 Å². The van der Waals surface area contributed by atoms with Crippen LogP contribution in [0.1, 0.15) is 46.9 Å². The summed E-state index contributed by atoms with van der Waals surface area (Å²) in [5, 5.41) is 0.929. The van der Waals surface area contributed by atoms with Crippen LogP contribution in [-0.2, 0) is 0 Å². The zero-order valence-electron chi connectivity index (χ0n) is 14.5. The van der Waals surface area contributed by atoms with Gasteiger partial charge in [-0.3, -0.25) is 4.79 Å². The molecular formula is C20H27N5O. The molecule has 3 aromatic rings. The Balaban J connectivity index is 0.00000140. The maximum atomic E-state index is 13.1. The SMILES string of the molecule is C#CCN(C(=O)c1cc(-c2ncnc3[nH]ccc23)c[nH]1)C1CCCCC1.[HH].[HH].[HH]. The van der Waals surface area contributed by atoms with Crippen molar-refractivity contribution >= 4 is 16.9 Å². The predicted octanol–water partition coefficient (Wildman–Crippen LogP) is 4.10. The van der Waals surface area contributed by atoms with Gasteiger partial charge in [0.05, 0.1) is 12.2 Å². The van der Waals surface area contributed by atoms with E-state index in [1.54, 1.807) is 0 Å². The molecule has 0 spiro atoms. The Bertz CT molecular complexity index is 972. The number of terminal acetylenes is 1. The fourth-order valence-corrected chi connectivity index (χ4v) is 3.77. The Morgan fingerprint density at radius 3 is 2.96 bits per heavy atom. The molecule has 6 heteroatoms. The first-order chi connectivity index (χ1) is 12.8. The molecule has 1 aliphatic carbocycles. The molecule has 1 aliphatic rings. The van der Waals surface area contributed by atoms with Crippen molar-refractivity contribution in [2.24, 2.45) is 0 Å². The number of carbonyl (C=O) groups is 1. The Hall–Kier alpha value is -3.07. The summed E-state index contributed by atoms with van der Waals surface area (Å²) in [6, 6.07) is 4.02. The van der Waals surface area contributed by atoms with Gasteiger partial charge in [-0.1, -0.05) is 25.2 Å². The van der Waals surface area contributed by atoms with E-state index in [4.69, 9.17) is 6.42 Å². The second kappa shape index (κ2) is 7.04. The predicted molar refractivity (Wildman–Crippen MR) is 107 cm³/mol. The van der Waals surface area contributed by atoms with Crippen LogP contribution in [0.25, 0.3) is 22.3 Å². The summed E-state index contributed by atoms with van der Waals surface area (Å²) in [6.45, 7) is 0.341. The molecule has 4 rings (SSSR count). The number of hydrogen-bond donors (Lipinski definition) is 2. The molecule has 26 heavy (non-hydrogen) atoms. The molecular weight excluding hydrogens is 326 g/mol. The van der Waals surface area contributed by atoms with Gasteiger partial charge in [-0.25, -0.2) is 9.97 Å². The van der Waals surface area contributed by atoms with Crippen molar-refractivity contribution in [2.75, 3.05) is 6.54 Å². The number of H-pyrrole nitrogens is 2. The third-order valence-electron chi connectivity index (χ3n) is 5.08. The first kappa shape index (κ1) is 16.4. The van der Waals surface area contributed by atoms with Crippen LogP contribution in [0.2, 0.25) is 0 Å². The molecule has 1 saturated carbocycles. The molecule has 6 nitrogen and oxygen atoms in total. The van der Waals surface area contributed by atoms with E-state index in [1.165, 1.54) is 12.7 Å². The van der Waals surface area contributed by atoms with Crippen LogP contribution < -0.4 is 0 Å². The lowest BCUT2D eigenvalue weighted by molar-refractivity contribution is 0.0662. The Morgan fingerprint density at radius 1 is 1.31 bits per heavy atom. The largest absolute Gasteiger partial charge is 0.357 e. The minimum Gasteiger partial charge on any atom is -0.357 e. The lowest BCUT2D eigenvalue weighted by atomic mass is 9.94. The van der Waals surface area contributed by atoms with Gasteiger partial charge >= 0.3 is 0 Å². The third-order valence-corrected chi connectivity index (χ3v) is 5.08. The van der Waals surface area contributed by atoms with Gasteiger partial charge < -0.3 is 14.9 Å². The van der Waals surface area contributed by atoms with E-state index >= 15 is 0 Å². The van der Waals surface area contributed by atoms with Crippen molar-refractivity contribution < 1.29 is 9.07 Å². The van der Waals surface area contributed by atoms with Crippen LogP contribution in [-0.4, -0.2) is 43.3 Å². The second-order valence-corrected chi connectivity index (χ2v) is 6.69. The summed E-state index contributed by atoms with van der Waals surface area (Å²) in [5.74, 6) is 2.60. The van der Waals surface area contributed by atoms with Gasteiger partial charge in [0.25, 0.3) is 5.91 Å². The molecule has 0 aromatic carbocycles. The molecule has 3 heterocycles. The first-order valence-corrected chi connectivity index (χ1v) is 8.99. The topological polar surface area (TPSA) is 77.7 Å². The summed E-state index contributed by atoms with van der Waals surface area (Å²) in [5.41, 5.74) is 2.99. The summed E-state index contributed by atoms with van der Waals surface area (Å²) in [4.78, 5) is 29.7. The Labute approximate surface area is 156 Å². The molecule has 0 saturated heterocycles. The molecule has 2 N–H and O–H groups in total. The van der Waals surface area contributed by atoms with Crippen molar-refractivity contribution in [1.82, 2.24) is 24.8 Å². The summed E-state index contributed by atoms with van der Waals surface area (Å²) >= 11 is 0. The number of rotatable bonds is 4. The molecule has 138 valence electrons. The highest BCUT2D eigenvalue weighted by Crippen LogP contribution is 2.27. The summed E-state index contributed by atoms with van der Waals surface area (Å²) in [6.07, 6.45) is 16.3. The number of carbonyl (C=O) groups excluding carboxylic acids is 1. The lowest BCUT2D eigenvalue weighted by Crippen LogP contribution is -2.41. The van der Waals surface area contributed by atoms with Gasteiger partial charge in [0.2, 0.25) is 0 Å². The second-order valence-electron chi connectivity index (χ2n) is 6.69. The van der Waals surface area contributed by atoms with E-state index in [2.05, 4.69) is 25.9 Å². The van der Waals surface area contributed by atoms with Crippen LogP contribution in [0.5, 0.6) is 0 Å². The van der Waals surface area contributed by atoms with E-state index in [-0.39, 0.29) is 16.2 Å². The number of hydrogen-bond acceptors (Lipinski definition) is 3. The first-order valence-electron chi connectivity index (χ1n) is 8.99. The standard InChI is InChI=1S/C20H21N5O.3H2/c1-2-10-25(15-6-4-3-5-7-15)20(26)17-11-14(12-22-17)18-16-8-9-21-19(16)24-13-23-18;;;/h1,8-9,11-13,15,22H,3-7,10H2,(H,21,23,24);3*1H. The summed E-state index contributed by atoms with van der Waals surface area (Å²) < 4.78 is 0. The minimum absolute atomic E-state index is 0. The quantitative estimate of drug-likeness (QED) is 0.693. The molecule has 0 atom stereocenters. The van der Waals surface area contributed by atoms with Gasteiger partial charge in [-0.15, -0.1) is 6.42 Å². The number of fused-ring (bicyclic) bond motifs is 1. The zero-order valence-corrected chi connectivity index (χ0v) is 14.5. The maximum Gasteiger partial charge on any atom is 0.271 e. The van der Waals surface area contributed by atoms with Crippen LogP contribution in [0.3, 0.4) is 0 Å². The van der Waals surface area contributed by atoms with Crippen molar-refractivity contribution in [1.29, 1.82) is 0 Å². The molecule has 0 bridgehead atoms. The number of nitrogens with one attached hydrogen (secondary N) is 2. The van der Waals surface area contributed by atoms with Crippen LogP contribution in [0.4, 0.5) is 0 Å². The highest BCUT2D eigenvalue weighted by atomic mass is 16.2. The number of aromatic nitrogens is 4. The minimum atomic E-state index is -0.0412. The molecule has 0 aliphatic heterocycles. The maximum absolute atomic E-state index is 13.1. The fourth-order valence-electron chi connectivity index (χ4n) is 3.77. The van der Waals surface area contributed by atoms with Crippen LogP contribution in [0, 0.1) is 12.3 Å². The van der Waals surface area contributed by atoms with Crippen LogP contribution >= 0.6 is 0 Å². The van der Waals surface area contributed by atoms with Gasteiger partial charge in [0, 0.05) is 33.7 Å². The molecule has 1 fully saturated rings. The monoisotopic (exact) mass is 353 g/mol. The number of nitrogens with zero attached hydrogens (tertiary/aromatic N) is 3. The summed E-state index contributed by atoms with van der Waals surface area (Å²) in [7, 11) is 0. The van der Waals surface area contributed by atoms with Crippen molar-refractivity contribution in [2.45, 2.75) is 38.1 Å². The van der Waals surface area contributed by atoms with Crippen molar-refractivity contribution in [3.05, 3.63) is 36.5 Å². The zero-order chi connectivity index (χ0) is 17.9. The van der Waals surface area contributed by atoms with E-state index < -0.39 is 0 Å². The fraction of sp³-hybridized carbons (Fsp3) is 0.350. The highest BCUT2D eigenvalue weighted by Gasteiger charge is 2.26. The average Bonchev–Trinajstić information content (AvgIpc) is 3.35. The number of amides is 1. The lowest BCUT2D eigenvalue weighted by Gasteiger charge is -2.32. The smallest absolute Gasteiger partial charge is 0.271 e. The van der Waals surface area contributed by atoms with E-state index in [1.807, 2.05) is 29.4 Å². The van der Waals surface area contributed by atoms with E-state index in [0.29, 0.717) is 12.2 Å².